The smallest absolute Gasteiger partial charge is 0.264 e. The minimum Gasteiger partial charge on any atom is -0.496 e. The van der Waals surface area contributed by atoms with Gasteiger partial charge in [0.25, 0.3) is 15.9 Å². The van der Waals surface area contributed by atoms with E-state index in [0.717, 1.165) is 35.2 Å². The molecule has 0 fully saturated rings. The second-order valence-electron chi connectivity index (χ2n) is 8.51. The van der Waals surface area contributed by atoms with Crippen LogP contribution < -0.4 is 13.9 Å². The molecule has 3 aromatic rings. The van der Waals surface area contributed by atoms with Crippen molar-refractivity contribution in [2.45, 2.75) is 31.1 Å². The Morgan fingerprint density at radius 2 is 1.73 bits per heavy atom. The van der Waals surface area contributed by atoms with Crippen LogP contribution in [-0.2, 0) is 22.9 Å². The van der Waals surface area contributed by atoms with Crippen LogP contribution >= 0.6 is 0 Å². The number of amides is 1. The Kier molecular flexibility index (Phi) is 5.37. The summed E-state index contributed by atoms with van der Waals surface area (Å²) in [6.07, 6.45) is 2.44. The molecule has 33 heavy (non-hydrogen) atoms. The zero-order valence-electron chi connectivity index (χ0n) is 18.7. The molecule has 7 heteroatoms. The van der Waals surface area contributed by atoms with Gasteiger partial charge in [0, 0.05) is 18.8 Å². The number of hydrogen-bond donors (Lipinski definition) is 0. The fourth-order valence-electron chi connectivity index (χ4n) is 4.78. The first-order chi connectivity index (χ1) is 15.9. The highest BCUT2D eigenvalue weighted by molar-refractivity contribution is 7.92. The maximum atomic E-state index is 13.7. The van der Waals surface area contributed by atoms with Crippen LogP contribution in [0.15, 0.2) is 65.6 Å². The van der Waals surface area contributed by atoms with Crippen molar-refractivity contribution in [3.63, 3.8) is 0 Å². The molecule has 0 saturated heterocycles. The van der Waals surface area contributed by atoms with Gasteiger partial charge in [-0.1, -0.05) is 35.9 Å². The van der Waals surface area contributed by atoms with E-state index in [1.807, 2.05) is 43.3 Å². The number of carbonyl (C=O) groups is 1. The van der Waals surface area contributed by atoms with Gasteiger partial charge in [0.2, 0.25) is 0 Å². The monoisotopic (exact) mass is 462 g/mol. The Hall–Kier alpha value is -3.32. The topological polar surface area (TPSA) is 66.9 Å². The average Bonchev–Trinajstić information content (AvgIpc) is 3.27. The number of anilines is 2. The first-order valence-electron chi connectivity index (χ1n) is 11.1. The highest BCUT2D eigenvalue weighted by Gasteiger charge is 2.33. The van der Waals surface area contributed by atoms with Gasteiger partial charge in [0.05, 0.1) is 23.3 Å². The van der Waals surface area contributed by atoms with E-state index in [0.29, 0.717) is 30.9 Å². The number of fused-ring (bicyclic) bond motifs is 2. The van der Waals surface area contributed by atoms with Crippen LogP contribution in [0, 0.1) is 6.92 Å². The third-order valence-electron chi connectivity index (χ3n) is 6.43. The summed E-state index contributed by atoms with van der Waals surface area (Å²) in [5, 5.41) is 0. The molecule has 0 N–H and O–H groups in total. The predicted octanol–water partition coefficient (Wildman–Crippen LogP) is 4.35. The maximum absolute atomic E-state index is 13.7. The molecular weight excluding hydrogens is 436 g/mol. The first-order valence-corrected chi connectivity index (χ1v) is 12.5. The first kappa shape index (κ1) is 21.5. The Balaban J connectivity index is 1.55. The largest absolute Gasteiger partial charge is 0.496 e. The van der Waals surface area contributed by atoms with E-state index in [9.17, 15) is 13.2 Å². The number of rotatable bonds is 4. The van der Waals surface area contributed by atoms with Crippen molar-refractivity contribution in [2.75, 3.05) is 29.4 Å². The van der Waals surface area contributed by atoms with Crippen molar-refractivity contribution >= 4 is 27.3 Å². The summed E-state index contributed by atoms with van der Waals surface area (Å²) >= 11 is 0. The van der Waals surface area contributed by atoms with E-state index >= 15 is 0 Å². The molecule has 0 aromatic heterocycles. The lowest BCUT2D eigenvalue weighted by molar-refractivity contribution is 0.0982. The van der Waals surface area contributed by atoms with Crippen LogP contribution in [0.2, 0.25) is 0 Å². The summed E-state index contributed by atoms with van der Waals surface area (Å²) in [6, 6.07) is 18.1. The highest BCUT2D eigenvalue weighted by Crippen LogP contribution is 2.35. The lowest BCUT2D eigenvalue weighted by Gasteiger charge is -2.30. The zero-order chi connectivity index (χ0) is 23.2. The number of aryl methyl sites for hydroxylation is 2. The number of methoxy groups -OCH3 is 1. The third-order valence-corrected chi connectivity index (χ3v) is 8.24. The van der Waals surface area contributed by atoms with Crippen LogP contribution in [0.1, 0.15) is 33.5 Å². The number of para-hydroxylation sites is 1. The molecule has 2 aliphatic heterocycles. The Morgan fingerprint density at radius 1 is 0.909 bits per heavy atom. The van der Waals surface area contributed by atoms with Gasteiger partial charge in [-0.3, -0.25) is 9.10 Å². The molecule has 0 aliphatic carbocycles. The van der Waals surface area contributed by atoms with E-state index in [2.05, 4.69) is 6.07 Å². The van der Waals surface area contributed by atoms with Crippen LogP contribution in [0.4, 0.5) is 11.4 Å². The van der Waals surface area contributed by atoms with Gasteiger partial charge in [-0.05, 0) is 67.6 Å². The summed E-state index contributed by atoms with van der Waals surface area (Å²) in [4.78, 5) is 15.5. The van der Waals surface area contributed by atoms with Gasteiger partial charge in [-0.15, -0.1) is 0 Å². The van der Waals surface area contributed by atoms with Gasteiger partial charge in [-0.2, -0.15) is 0 Å². The van der Waals surface area contributed by atoms with Gasteiger partial charge in [-0.25, -0.2) is 8.42 Å². The van der Waals surface area contributed by atoms with Crippen LogP contribution in [0.3, 0.4) is 0 Å². The normalized spacial score (nSPS) is 15.2. The summed E-state index contributed by atoms with van der Waals surface area (Å²) in [6.45, 7) is 3.00. The molecule has 0 radical (unpaired) electrons. The molecule has 5 rings (SSSR count). The number of ether oxygens (including phenoxy) is 1. The lowest BCUT2D eigenvalue weighted by atomic mass is 9.98. The van der Waals surface area contributed by atoms with E-state index in [1.165, 1.54) is 23.5 Å². The van der Waals surface area contributed by atoms with E-state index < -0.39 is 10.0 Å². The fraction of sp³-hybridized carbons (Fsp3) is 0.269. The zero-order valence-corrected chi connectivity index (χ0v) is 19.6. The number of benzene rings is 3. The maximum Gasteiger partial charge on any atom is 0.264 e. The Morgan fingerprint density at radius 3 is 2.55 bits per heavy atom. The second kappa shape index (κ2) is 8.23. The Labute approximate surface area is 194 Å². The average molecular weight is 463 g/mol. The van der Waals surface area contributed by atoms with Crippen molar-refractivity contribution in [1.29, 1.82) is 0 Å². The van der Waals surface area contributed by atoms with Gasteiger partial charge >= 0.3 is 0 Å². The number of nitrogens with zero attached hydrogens (tertiary/aromatic N) is 2. The third kappa shape index (κ3) is 3.66. The minimum atomic E-state index is -3.82. The van der Waals surface area contributed by atoms with Gasteiger partial charge < -0.3 is 9.64 Å². The molecule has 2 aliphatic rings. The SMILES string of the molecule is COc1ccc(S(=O)(=O)N2CCc3ccccc32)cc1C(=O)N1CCCc2cc(C)ccc21. The molecule has 2 heterocycles. The molecule has 6 nitrogen and oxygen atoms in total. The predicted molar refractivity (Wildman–Crippen MR) is 129 cm³/mol. The van der Waals surface area contributed by atoms with Crippen molar-refractivity contribution in [3.05, 3.63) is 82.9 Å². The summed E-state index contributed by atoms with van der Waals surface area (Å²) < 4.78 is 34.0. The molecule has 0 bridgehead atoms. The van der Waals surface area contributed by atoms with Crippen LogP contribution in [-0.4, -0.2) is 34.5 Å². The van der Waals surface area contributed by atoms with E-state index in [1.54, 1.807) is 11.0 Å². The highest BCUT2D eigenvalue weighted by atomic mass is 32.2. The molecular formula is C26H26N2O4S. The number of hydrogen-bond acceptors (Lipinski definition) is 4. The molecule has 1 amide bonds. The van der Waals surface area contributed by atoms with Crippen molar-refractivity contribution in [2.24, 2.45) is 0 Å². The molecule has 0 spiro atoms. The molecule has 0 unspecified atom stereocenters. The van der Waals surface area contributed by atoms with Crippen molar-refractivity contribution in [3.8, 4) is 5.75 Å². The summed E-state index contributed by atoms with van der Waals surface area (Å²) in [7, 11) is -2.33. The standard InChI is InChI=1S/C26H26N2O4S/c1-18-9-11-23-20(16-18)7-5-14-27(23)26(29)22-17-21(10-12-25(22)32-2)33(30,31)28-15-13-19-6-3-4-8-24(19)28/h3-4,6,8-12,16-17H,5,7,13-15H2,1-2H3. The quantitative estimate of drug-likeness (QED) is 0.578. The molecule has 0 atom stereocenters. The van der Waals surface area contributed by atoms with E-state index in [-0.39, 0.29) is 16.4 Å². The molecule has 3 aromatic carbocycles. The minimum absolute atomic E-state index is 0.0875. The van der Waals surface area contributed by atoms with E-state index in [4.69, 9.17) is 4.74 Å². The Bertz CT molecular complexity index is 1350. The van der Waals surface area contributed by atoms with Crippen molar-refractivity contribution < 1.29 is 17.9 Å². The fourth-order valence-corrected chi connectivity index (χ4v) is 6.31. The van der Waals surface area contributed by atoms with Crippen LogP contribution in [0.5, 0.6) is 5.75 Å². The summed E-state index contributed by atoms with van der Waals surface area (Å²) in [5.41, 5.74) is 5.11. The lowest BCUT2D eigenvalue weighted by Crippen LogP contribution is -2.36. The van der Waals surface area contributed by atoms with Crippen molar-refractivity contribution in [1.82, 2.24) is 0 Å². The van der Waals surface area contributed by atoms with Gasteiger partial charge in [0.15, 0.2) is 0 Å². The molecule has 0 saturated carbocycles. The molecule has 170 valence electrons. The van der Waals surface area contributed by atoms with Gasteiger partial charge in [0.1, 0.15) is 5.75 Å². The van der Waals surface area contributed by atoms with Crippen LogP contribution in [0.25, 0.3) is 0 Å². The summed E-state index contributed by atoms with van der Waals surface area (Å²) in [5.74, 6) is 0.107. The second-order valence-corrected chi connectivity index (χ2v) is 10.4. The number of sulfonamides is 1. The number of carbonyl (C=O) groups excluding carboxylic acids is 1.